The maximum atomic E-state index is 12.3. The quantitative estimate of drug-likeness (QED) is 0.842. The predicted molar refractivity (Wildman–Crippen MR) is 71.3 cm³/mol. The van der Waals surface area contributed by atoms with Crippen molar-refractivity contribution in [2.24, 2.45) is 0 Å². The number of carbonyl (C=O) groups is 1. The maximum Gasteiger partial charge on any atom is 0.256 e. The molecule has 1 aliphatic heterocycles. The molecule has 1 aliphatic rings. The summed E-state index contributed by atoms with van der Waals surface area (Å²) >= 11 is 0. The van der Waals surface area contributed by atoms with Crippen molar-refractivity contribution in [2.75, 3.05) is 31.9 Å². The second kappa shape index (κ2) is 5.35. The molecule has 0 radical (unpaired) electrons. The Morgan fingerprint density at radius 3 is 2.56 bits per heavy atom. The lowest BCUT2D eigenvalue weighted by atomic mass is 10.1. The summed E-state index contributed by atoms with van der Waals surface area (Å²) in [6.45, 7) is 7.73. The molecule has 1 aromatic heterocycles. The number of piperazine rings is 1. The van der Waals surface area contributed by atoms with Gasteiger partial charge < -0.3 is 10.6 Å². The average molecular weight is 248 g/mol. The van der Waals surface area contributed by atoms with E-state index in [0.717, 1.165) is 26.2 Å². The third-order valence-electron chi connectivity index (χ3n) is 3.41. The van der Waals surface area contributed by atoms with E-state index in [0.29, 0.717) is 17.3 Å². The Hall–Kier alpha value is -1.62. The summed E-state index contributed by atoms with van der Waals surface area (Å²) in [6, 6.07) is 2.22. The Morgan fingerprint density at radius 2 is 2.00 bits per heavy atom. The first-order valence-electron chi connectivity index (χ1n) is 6.32. The van der Waals surface area contributed by atoms with Crippen LogP contribution in [0.5, 0.6) is 0 Å². The van der Waals surface area contributed by atoms with Gasteiger partial charge in [0.1, 0.15) is 0 Å². The predicted octanol–water partition coefficient (Wildman–Crippen LogP) is 0.830. The maximum absolute atomic E-state index is 12.3. The summed E-state index contributed by atoms with van der Waals surface area (Å²) in [7, 11) is 0. The number of aromatic nitrogens is 1. The zero-order valence-corrected chi connectivity index (χ0v) is 11.0. The Morgan fingerprint density at radius 1 is 1.33 bits per heavy atom. The van der Waals surface area contributed by atoms with Crippen LogP contribution in [0.2, 0.25) is 0 Å². The molecule has 1 fully saturated rings. The minimum Gasteiger partial charge on any atom is -0.397 e. The lowest BCUT2D eigenvalue weighted by molar-refractivity contribution is 0.0596. The fourth-order valence-corrected chi connectivity index (χ4v) is 2.21. The normalized spacial score (nSPS) is 17.2. The molecule has 0 unspecified atom stereocenters. The fourth-order valence-electron chi connectivity index (χ4n) is 2.21. The first-order valence-corrected chi connectivity index (χ1v) is 6.32. The van der Waals surface area contributed by atoms with E-state index >= 15 is 0 Å². The number of pyridine rings is 1. The zero-order valence-electron chi connectivity index (χ0n) is 11.0. The highest BCUT2D eigenvalue weighted by molar-refractivity contribution is 5.98. The number of nitrogen functional groups attached to an aromatic ring is 1. The van der Waals surface area contributed by atoms with Gasteiger partial charge in [-0.15, -0.1) is 0 Å². The molecule has 0 bridgehead atoms. The van der Waals surface area contributed by atoms with Gasteiger partial charge in [0.05, 0.1) is 17.4 Å². The molecule has 5 nitrogen and oxygen atoms in total. The van der Waals surface area contributed by atoms with Gasteiger partial charge in [-0.1, -0.05) is 0 Å². The molecular weight excluding hydrogens is 228 g/mol. The van der Waals surface area contributed by atoms with Crippen molar-refractivity contribution >= 4 is 11.6 Å². The van der Waals surface area contributed by atoms with E-state index in [4.69, 9.17) is 5.73 Å². The molecule has 0 spiro atoms. The van der Waals surface area contributed by atoms with Crippen molar-refractivity contribution < 1.29 is 4.79 Å². The first kappa shape index (κ1) is 12.8. The Labute approximate surface area is 108 Å². The van der Waals surface area contributed by atoms with Crippen LogP contribution in [0.25, 0.3) is 0 Å². The summed E-state index contributed by atoms with van der Waals surface area (Å²) in [5, 5.41) is 0. The van der Waals surface area contributed by atoms with E-state index < -0.39 is 0 Å². The molecule has 2 heterocycles. The Balaban J connectivity index is 2.02. The van der Waals surface area contributed by atoms with E-state index in [1.165, 1.54) is 6.20 Å². The van der Waals surface area contributed by atoms with Gasteiger partial charge >= 0.3 is 0 Å². The van der Waals surface area contributed by atoms with Crippen LogP contribution in [0.3, 0.4) is 0 Å². The van der Waals surface area contributed by atoms with Gasteiger partial charge in [0.2, 0.25) is 0 Å². The summed E-state index contributed by atoms with van der Waals surface area (Å²) in [5.74, 6) is 0.0123. The van der Waals surface area contributed by atoms with Crippen LogP contribution < -0.4 is 5.73 Å². The molecule has 0 saturated carbocycles. The van der Waals surface area contributed by atoms with Gasteiger partial charge in [-0.05, 0) is 19.9 Å². The lowest BCUT2D eigenvalue weighted by Crippen LogP contribution is -2.50. The van der Waals surface area contributed by atoms with Crippen LogP contribution >= 0.6 is 0 Å². The van der Waals surface area contributed by atoms with Crippen molar-refractivity contribution in [1.82, 2.24) is 14.8 Å². The zero-order chi connectivity index (χ0) is 13.1. The van der Waals surface area contributed by atoms with Crippen molar-refractivity contribution in [3.63, 3.8) is 0 Å². The highest BCUT2D eigenvalue weighted by Gasteiger charge is 2.24. The van der Waals surface area contributed by atoms with E-state index in [1.54, 1.807) is 12.3 Å². The van der Waals surface area contributed by atoms with Gasteiger partial charge in [-0.2, -0.15) is 0 Å². The minimum atomic E-state index is 0.0123. The molecule has 1 aromatic rings. The number of hydrogen-bond donors (Lipinski definition) is 1. The molecule has 0 atom stereocenters. The molecular formula is C13H20N4O. The van der Waals surface area contributed by atoms with Crippen LogP contribution in [-0.4, -0.2) is 52.9 Å². The van der Waals surface area contributed by atoms with E-state index in [9.17, 15) is 4.79 Å². The van der Waals surface area contributed by atoms with Crippen LogP contribution in [-0.2, 0) is 0 Å². The number of rotatable bonds is 2. The van der Waals surface area contributed by atoms with Gasteiger partial charge in [-0.3, -0.25) is 14.7 Å². The van der Waals surface area contributed by atoms with E-state index in [2.05, 4.69) is 23.7 Å². The molecule has 98 valence electrons. The van der Waals surface area contributed by atoms with Crippen molar-refractivity contribution in [3.8, 4) is 0 Å². The number of hydrogen-bond acceptors (Lipinski definition) is 4. The monoisotopic (exact) mass is 248 g/mol. The van der Waals surface area contributed by atoms with Crippen LogP contribution in [0.4, 0.5) is 5.69 Å². The van der Waals surface area contributed by atoms with Gasteiger partial charge in [-0.25, -0.2) is 0 Å². The molecule has 1 amide bonds. The van der Waals surface area contributed by atoms with Crippen LogP contribution in [0.15, 0.2) is 18.5 Å². The second-order valence-electron chi connectivity index (χ2n) is 4.88. The smallest absolute Gasteiger partial charge is 0.256 e. The van der Waals surface area contributed by atoms with Crippen LogP contribution in [0, 0.1) is 0 Å². The largest absolute Gasteiger partial charge is 0.397 e. The topological polar surface area (TPSA) is 62.5 Å². The van der Waals surface area contributed by atoms with E-state index in [-0.39, 0.29) is 5.91 Å². The highest BCUT2D eigenvalue weighted by Crippen LogP contribution is 2.14. The molecule has 0 aliphatic carbocycles. The second-order valence-corrected chi connectivity index (χ2v) is 4.88. The number of nitrogens with two attached hydrogens (primary N) is 1. The van der Waals surface area contributed by atoms with Crippen molar-refractivity contribution in [1.29, 1.82) is 0 Å². The molecule has 2 N–H and O–H groups in total. The molecule has 5 heteroatoms. The average Bonchev–Trinajstić information content (AvgIpc) is 2.38. The number of nitrogens with zero attached hydrogens (tertiary/aromatic N) is 3. The molecule has 2 rings (SSSR count). The highest BCUT2D eigenvalue weighted by atomic mass is 16.2. The fraction of sp³-hybridized carbons (Fsp3) is 0.538. The molecule has 18 heavy (non-hydrogen) atoms. The van der Waals surface area contributed by atoms with E-state index in [1.807, 2.05) is 4.90 Å². The van der Waals surface area contributed by atoms with Crippen molar-refractivity contribution in [2.45, 2.75) is 19.9 Å². The third kappa shape index (κ3) is 2.61. The Kier molecular flexibility index (Phi) is 3.81. The van der Waals surface area contributed by atoms with Gasteiger partial charge in [0.15, 0.2) is 0 Å². The van der Waals surface area contributed by atoms with Crippen LogP contribution in [0.1, 0.15) is 24.2 Å². The summed E-state index contributed by atoms with van der Waals surface area (Å²) in [6.07, 6.45) is 3.13. The van der Waals surface area contributed by atoms with Crippen molar-refractivity contribution in [3.05, 3.63) is 24.0 Å². The Bertz CT molecular complexity index is 425. The first-order chi connectivity index (χ1) is 8.59. The number of amides is 1. The summed E-state index contributed by atoms with van der Waals surface area (Å²) in [4.78, 5) is 20.4. The number of anilines is 1. The van der Waals surface area contributed by atoms with Gasteiger partial charge in [0, 0.05) is 38.4 Å². The summed E-state index contributed by atoms with van der Waals surface area (Å²) < 4.78 is 0. The lowest BCUT2D eigenvalue weighted by Gasteiger charge is -2.37. The molecule has 1 saturated heterocycles. The third-order valence-corrected chi connectivity index (χ3v) is 3.41. The summed E-state index contributed by atoms with van der Waals surface area (Å²) in [5.41, 5.74) is 6.79. The minimum absolute atomic E-state index is 0.0123. The SMILES string of the molecule is CC(C)N1CCN(C(=O)c2ccncc2N)CC1. The standard InChI is InChI=1S/C13H20N4O/c1-10(2)16-5-7-17(8-6-16)13(18)11-3-4-15-9-12(11)14/h3-4,9-10H,5-8,14H2,1-2H3. The van der Waals surface area contributed by atoms with Gasteiger partial charge in [0.25, 0.3) is 5.91 Å². The molecule has 0 aromatic carbocycles. The number of carbonyl (C=O) groups excluding carboxylic acids is 1.